The molecule has 1 aromatic carbocycles. The second-order valence-electron chi connectivity index (χ2n) is 5.43. The van der Waals surface area contributed by atoms with E-state index in [1.54, 1.807) is 21.1 Å². The molecule has 20 heavy (non-hydrogen) atoms. The molecule has 0 aliphatic carbocycles. The number of hydrogen-bond acceptors (Lipinski definition) is 4. The largest absolute Gasteiger partial charge is 0.493 e. The molecule has 0 spiro atoms. The first-order chi connectivity index (χ1) is 9.30. The van der Waals surface area contributed by atoms with Gasteiger partial charge in [0.1, 0.15) is 5.54 Å². The second kappa shape index (κ2) is 6.61. The first kappa shape index (κ1) is 16.3. The SMILES string of the molecule is COc1ccc(CC(C)CC(C)(N)C(=O)O)cc1OC. The van der Waals surface area contributed by atoms with E-state index in [0.717, 1.165) is 12.0 Å². The number of aliphatic carboxylic acids is 1. The highest BCUT2D eigenvalue weighted by atomic mass is 16.5. The molecule has 1 aromatic rings. The minimum absolute atomic E-state index is 0.152. The highest BCUT2D eigenvalue weighted by molar-refractivity contribution is 5.77. The lowest BCUT2D eigenvalue weighted by atomic mass is 9.87. The summed E-state index contributed by atoms with van der Waals surface area (Å²) in [6.07, 6.45) is 1.15. The normalized spacial score (nSPS) is 15.2. The quantitative estimate of drug-likeness (QED) is 0.799. The molecule has 0 saturated heterocycles. The zero-order valence-corrected chi connectivity index (χ0v) is 12.5. The van der Waals surface area contributed by atoms with Gasteiger partial charge in [-0.3, -0.25) is 4.79 Å². The third kappa shape index (κ3) is 4.13. The van der Waals surface area contributed by atoms with Crippen LogP contribution in [-0.4, -0.2) is 30.8 Å². The Labute approximate surface area is 119 Å². The minimum atomic E-state index is -1.20. The Morgan fingerprint density at radius 1 is 1.35 bits per heavy atom. The van der Waals surface area contributed by atoms with E-state index >= 15 is 0 Å². The Kier molecular flexibility index (Phi) is 5.39. The first-order valence-electron chi connectivity index (χ1n) is 6.53. The lowest BCUT2D eigenvalue weighted by Crippen LogP contribution is -2.46. The molecule has 0 saturated carbocycles. The maximum Gasteiger partial charge on any atom is 0.323 e. The van der Waals surface area contributed by atoms with Crippen molar-refractivity contribution in [3.05, 3.63) is 23.8 Å². The summed E-state index contributed by atoms with van der Waals surface area (Å²) in [5, 5.41) is 9.05. The molecule has 0 aliphatic rings. The van der Waals surface area contributed by atoms with Crippen molar-refractivity contribution in [3.8, 4) is 11.5 Å². The van der Waals surface area contributed by atoms with Gasteiger partial charge in [0.2, 0.25) is 0 Å². The van der Waals surface area contributed by atoms with Gasteiger partial charge in [0.05, 0.1) is 14.2 Å². The molecule has 2 atom stereocenters. The first-order valence-corrected chi connectivity index (χ1v) is 6.53. The number of methoxy groups -OCH3 is 2. The summed E-state index contributed by atoms with van der Waals surface area (Å²) in [6, 6.07) is 5.70. The van der Waals surface area contributed by atoms with Crippen molar-refractivity contribution >= 4 is 5.97 Å². The van der Waals surface area contributed by atoms with E-state index in [1.165, 1.54) is 0 Å². The van der Waals surface area contributed by atoms with Crippen molar-refractivity contribution in [3.63, 3.8) is 0 Å². The number of carbonyl (C=O) groups is 1. The van der Waals surface area contributed by atoms with E-state index in [0.29, 0.717) is 17.9 Å². The maximum absolute atomic E-state index is 11.0. The van der Waals surface area contributed by atoms with Gasteiger partial charge in [0.25, 0.3) is 0 Å². The van der Waals surface area contributed by atoms with Crippen LogP contribution >= 0.6 is 0 Å². The third-order valence-corrected chi connectivity index (χ3v) is 3.29. The second-order valence-corrected chi connectivity index (χ2v) is 5.43. The van der Waals surface area contributed by atoms with Gasteiger partial charge in [-0.2, -0.15) is 0 Å². The van der Waals surface area contributed by atoms with Crippen LogP contribution in [0.15, 0.2) is 18.2 Å². The van der Waals surface area contributed by atoms with E-state index in [2.05, 4.69) is 0 Å². The van der Waals surface area contributed by atoms with Crippen LogP contribution in [0.25, 0.3) is 0 Å². The van der Waals surface area contributed by atoms with E-state index < -0.39 is 11.5 Å². The van der Waals surface area contributed by atoms with Crippen molar-refractivity contribution in [2.75, 3.05) is 14.2 Å². The summed E-state index contributed by atoms with van der Waals surface area (Å²) < 4.78 is 10.4. The Balaban J connectivity index is 2.76. The van der Waals surface area contributed by atoms with Gasteiger partial charge in [-0.05, 0) is 43.4 Å². The molecule has 5 nitrogen and oxygen atoms in total. The predicted molar refractivity (Wildman–Crippen MR) is 77.3 cm³/mol. The van der Waals surface area contributed by atoms with Crippen LogP contribution in [0.4, 0.5) is 0 Å². The van der Waals surface area contributed by atoms with E-state index in [1.807, 2.05) is 25.1 Å². The summed E-state index contributed by atoms with van der Waals surface area (Å²) in [6.45, 7) is 3.53. The number of nitrogens with two attached hydrogens (primary N) is 1. The standard InChI is InChI=1S/C15H23NO4/c1-10(9-15(2,16)14(17)18)7-11-5-6-12(19-3)13(8-11)20-4/h5-6,8,10H,7,9,16H2,1-4H3,(H,17,18). The number of benzene rings is 1. The summed E-state index contributed by atoms with van der Waals surface area (Å²) in [4.78, 5) is 11.0. The van der Waals surface area contributed by atoms with Crippen LogP contribution in [0.1, 0.15) is 25.8 Å². The van der Waals surface area contributed by atoms with Crippen LogP contribution in [0, 0.1) is 5.92 Å². The number of carboxylic acids is 1. The summed E-state index contributed by atoms with van der Waals surface area (Å²) in [7, 11) is 3.18. The smallest absolute Gasteiger partial charge is 0.323 e. The molecule has 2 unspecified atom stereocenters. The maximum atomic E-state index is 11.0. The molecular weight excluding hydrogens is 258 g/mol. The average Bonchev–Trinajstić information content (AvgIpc) is 2.37. The Hall–Kier alpha value is -1.75. The number of rotatable bonds is 7. The lowest BCUT2D eigenvalue weighted by Gasteiger charge is -2.23. The fourth-order valence-corrected chi connectivity index (χ4v) is 2.29. The monoisotopic (exact) mass is 281 g/mol. The topological polar surface area (TPSA) is 81.8 Å². The highest BCUT2D eigenvalue weighted by Crippen LogP contribution is 2.29. The summed E-state index contributed by atoms with van der Waals surface area (Å²) in [5.41, 5.74) is 5.64. The fraction of sp³-hybridized carbons (Fsp3) is 0.533. The van der Waals surface area contributed by atoms with Gasteiger partial charge in [0.15, 0.2) is 11.5 Å². The highest BCUT2D eigenvalue weighted by Gasteiger charge is 2.29. The van der Waals surface area contributed by atoms with Crippen LogP contribution in [0.2, 0.25) is 0 Å². The van der Waals surface area contributed by atoms with Crippen molar-refractivity contribution in [2.24, 2.45) is 11.7 Å². The molecule has 0 bridgehead atoms. The summed E-state index contributed by atoms with van der Waals surface area (Å²) in [5.74, 6) is 0.528. The third-order valence-electron chi connectivity index (χ3n) is 3.29. The number of carboxylic acid groups (broad SMARTS) is 1. The van der Waals surface area contributed by atoms with Gasteiger partial charge in [-0.15, -0.1) is 0 Å². The molecule has 5 heteroatoms. The van der Waals surface area contributed by atoms with Gasteiger partial charge in [-0.1, -0.05) is 13.0 Å². The number of hydrogen-bond donors (Lipinski definition) is 2. The minimum Gasteiger partial charge on any atom is -0.493 e. The van der Waals surface area contributed by atoms with Crippen molar-refractivity contribution in [1.82, 2.24) is 0 Å². The Morgan fingerprint density at radius 3 is 2.45 bits per heavy atom. The van der Waals surface area contributed by atoms with Crippen molar-refractivity contribution in [2.45, 2.75) is 32.2 Å². The average molecular weight is 281 g/mol. The zero-order valence-electron chi connectivity index (χ0n) is 12.5. The molecule has 0 fully saturated rings. The molecule has 0 heterocycles. The van der Waals surface area contributed by atoms with E-state index in [-0.39, 0.29) is 5.92 Å². The molecule has 0 aliphatic heterocycles. The van der Waals surface area contributed by atoms with Gasteiger partial charge in [-0.25, -0.2) is 0 Å². The molecule has 0 amide bonds. The molecule has 0 radical (unpaired) electrons. The number of ether oxygens (including phenoxy) is 2. The predicted octanol–water partition coefficient (Wildman–Crippen LogP) is 2.07. The van der Waals surface area contributed by atoms with Gasteiger partial charge < -0.3 is 20.3 Å². The lowest BCUT2D eigenvalue weighted by molar-refractivity contribution is -0.143. The van der Waals surface area contributed by atoms with Crippen LogP contribution < -0.4 is 15.2 Å². The summed E-state index contributed by atoms with van der Waals surface area (Å²) >= 11 is 0. The molecule has 3 N–H and O–H groups in total. The molecule has 1 rings (SSSR count). The van der Waals surface area contributed by atoms with E-state index in [4.69, 9.17) is 20.3 Å². The van der Waals surface area contributed by atoms with Crippen molar-refractivity contribution in [1.29, 1.82) is 0 Å². The fourth-order valence-electron chi connectivity index (χ4n) is 2.29. The van der Waals surface area contributed by atoms with Crippen LogP contribution in [0.3, 0.4) is 0 Å². The Bertz CT molecular complexity index is 471. The zero-order chi connectivity index (χ0) is 15.3. The van der Waals surface area contributed by atoms with E-state index in [9.17, 15) is 4.79 Å². The van der Waals surface area contributed by atoms with Gasteiger partial charge >= 0.3 is 5.97 Å². The molecule has 0 aromatic heterocycles. The molecular formula is C15H23NO4. The van der Waals surface area contributed by atoms with Crippen LogP contribution in [-0.2, 0) is 11.2 Å². The van der Waals surface area contributed by atoms with Crippen molar-refractivity contribution < 1.29 is 19.4 Å². The Morgan fingerprint density at radius 2 is 1.95 bits per heavy atom. The van der Waals surface area contributed by atoms with Gasteiger partial charge in [0, 0.05) is 0 Å². The van der Waals surface area contributed by atoms with Crippen LogP contribution in [0.5, 0.6) is 11.5 Å². The molecule has 112 valence electrons.